The molecule has 16 heavy (non-hydrogen) atoms. The van der Waals surface area contributed by atoms with Crippen LogP contribution < -0.4 is 5.32 Å². The average molecular weight is 231 g/mol. The van der Waals surface area contributed by atoms with Gasteiger partial charge in [-0.3, -0.25) is 0 Å². The Morgan fingerprint density at radius 3 is 2.69 bits per heavy atom. The molecule has 1 aromatic heterocycles. The van der Waals surface area contributed by atoms with Gasteiger partial charge in [-0.1, -0.05) is 38.1 Å². The van der Waals surface area contributed by atoms with Crippen LogP contribution >= 0.6 is 11.3 Å². The maximum Gasteiger partial charge on any atom is 0.0214 e. The first-order valence-electron chi connectivity index (χ1n) is 5.61. The topological polar surface area (TPSA) is 12.0 Å². The lowest BCUT2D eigenvalue weighted by atomic mass is 10.0. The van der Waals surface area contributed by atoms with Crippen LogP contribution in [-0.4, -0.2) is 6.04 Å². The third-order valence-electron chi connectivity index (χ3n) is 2.55. The molecular weight excluding hydrogens is 214 g/mol. The first-order chi connectivity index (χ1) is 7.77. The van der Waals surface area contributed by atoms with E-state index in [9.17, 15) is 0 Å². The monoisotopic (exact) mass is 231 g/mol. The van der Waals surface area contributed by atoms with Gasteiger partial charge >= 0.3 is 0 Å². The predicted octanol–water partition coefficient (Wildman–Crippen LogP) is 3.91. The summed E-state index contributed by atoms with van der Waals surface area (Å²) in [4.78, 5) is 0. The lowest BCUT2D eigenvalue weighted by molar-refractivity contribution is 0.589. The van der Waals surface area contributed by atoms with Gasteiger partial charge in [0.25, 0.3) is 0 Å². The van der Waals surface area contributed by atoms with Crippen molar-refractivity contribution in [3.8, 4) is 11.1 Å². The second-order valence-corrected chi connectivity index (χ2v) is 4.98. The molecule has 0 fully saturated rings. The van der Waals surface area contributed by atoms with Gasteiger partial charge in [-0.15, -0.1) is 0 Å². The zero-order chi connectivity index (χ0) is 11.4. The molecule has 0 aliphatic rings. The van der Waals surface area contributed by atoms with Gasteiger partial charge in [0.1, 0.15) is 0 Å². The Balaban J connectivity index is 2.24. The zero-order valence-electron chi connectivity index (χ0n) is 9.73. The molecular formula is C14H17NS. The van der Waals surface area contributed by atoms with Crippen molar-refractivity contribution in [3.63, 3.8) is 0 Å². The van der Waals surface area contributed by atoms with Gasteiger partial charge < -0.3 is 5.32 Å². The van der Waals surface area contributed by atoms with E-state index in [4.69, 9.17) is 0 Å². The minimum absolute atomic E-state index is 0.524. The highest BCUT2D eigenvalue weighted by Gasteiger charge is 2.04. The lowest BCUT2D eigenvalue weighted by Crippen LogP contribution is -2.22. The molecule has 2 rings (SSSR count). The number of hydrogen-bond donors (Lipinski definition) is 1. The van der Waals surface area contributed by atoms with E-state index in [-0.39, 0.29) is 0 Å². The largest absolute Gasteiger partial charge is 0.310 e. The van der Waals surface area contributed by atoms with Crippen molar-refractivity contribution in [1.82, 2.24) is 5.32 Å². The average Bonchev–Trinajstić information content (AvgIpc) is 2.80. The molecule has 0 aliphatic carbocycles. The Morgan fingerprint density at radius 2 is 2.00 bits per heavy atom. The maximum atomic E-state index is 3.47. The molecule has 0 saturated heterocycles. The van der Waals surface area contributed by atoms with E-state index in [1.54, 1.807) is 11.3 Å². The number of benzene rings is 1. The first-order valence-corrected chi connectivity index (χ1v) is 6.55. The van der Waals surface area contributed by atoms with Crippen molar-refractivity contribution >= 4 is 11.3 Å². The number of nitrogens with one attached hydrogen (secondary N) is 1. The Labute approximate surface area is 101 Å². The summed E-state index contributed by atoms with van der Waals surface area (Å²) in [5.41, 5.74) is 4.04. The van der Waals surface area contributed by atoms with E-state index in [2.05, 4.69) is 60.3 Å². The van der Waals surface area contributed by atoms with Crippen molar-refractivity contribution in [2.24, 2.45) is 0 Å². The summed E-state index contributed by atoms with van der Waals surface area (Å²) in [7, 11) is 0. The van der Waals surface area contributed by atoms with E-state index in [1.165, 1.54) is 16.7 Å². The third kappa shape index (κ3) is 2.71. The van der Waals surface area contributed by atoms with Crippen LogP contribution in [0.2, 0.25) is 0 Å². The van der Waals surface area contributed by atoms with Gasteiger partial charge in [0.2, 0.25) is 0 Å². The highest BCUT2D eigenvalue weighted by atomic mass is 32.1. The van der Waals surface area contributed by atoms with Crippen LogP contribution in [-0.2, 0) is 6.54 Å². The minimum Gasteiger partial charge on any atom is -0.310 e. The Hall–Kier alpha value is -1.12. The highest BCUT2D eigenvalue weighted by Crippen LogP contribution is 2.25. The van der Waals surface area contributed by atoms with Crippen molar-refractivity contribution in [3.05, 3.63) is 46.7 Å². The van der Waals surface area contributed by atoms with Crippen LogP contribution in [0.1, 0.15) is 19.4 Å². The van der Waals surface area contributed by atoms with E-state index in [0.29, 0.717) is 6.04 Å². The smallest absolute Gasteiger partial charge is 0.0214 e. The van der Waals surface area contributed by atoms with Gasteiger partial charge in [-0.25, -0.2) is 0 Å². The fourth-order valence-corrected chi connectivity index (χ4v) is 2.34. The maximum absolute atomic E-state index is 3.47. The SMILES string of the molecule is CC(C)NCc1ccccc1-c1ccsc1. The van der Waals surface area contributed by atoms with E-state index in [0.717, 1.165) is 6.54 Å². The summed E-state index contributed by atoms with van der Waals surface area (Å²) < 4.78 is 0. The molecule has 0 atom stereocenters. The summed E-state index contributed by atoms with van der Waals surface area (Å²) in [5, 5.41) is 7.80. The fraction of sp³-hybridized carbons (Fsp3) is 0.286. The highest BCUT2D eigenvalue weighted by molar-refractivity contribution is 7.08. The van der Waals surface area contributed by atoms with Crippen LogP contribution in [0.5, 0.6) is 0 Å². The van der Waals surface area contributed by atoms with Crippen molar-refractivity contribution < 1.29 is 0 Å². The first kappa shape index (κ1) is 11.4. The molecule has 2 heteroatoms. The molecule has 2 aromatic rings. The third-order valence-corrected chi connectivity index (χ3v) is 3.23. The molecule has 0 amide bonds. The summed E-state index contributed by atoms with van der Waals surface area (Å²) >= 11 is 1.75. The lowest BCUT2D eigenvalue weighted by Gasteiger charge is -2.11. The number of rotatable bonds is 4. The molecule has 0 aliphatic heterocycles. The van der Waals surface area contributed by atoms with Crippen molar-refractivity contribution in [1.29, 1.82) is 0 Å². The second-order valence-electron chi connectivity index (χ2n) is 4.20. The molecule has 0 bridgehead atoms. The fourth-order valence-electron chi connectivity index (χ4n) is 1.69. The summed E-state index contributed by atoms with van der Waals surface area (Å²) in [5.74, 6) is 0. The Morgan fingerprint density at radius 1 is 1.19 bits per heavy atom. The van der Waals surface area contributed by atoms with Crippen LogP contribution in [0.4, 0.5) is 0 Å². The number of hydrogen-bond acceptors (Lipinski definition) is 2. The standard InChI is InChI=1S/C14H17NS/c1-11(2)15-9-12-5-3-4-6-14(12)13-7-8-16-10-13/h3-8,10-11,15H,9H2,1-2H3. The summed E-state index contributed by atoms with van der Waals surface area (Å²) in [6.45, 7) is 5.28. The normalized spacial score (nSPS) is 10.9. The molecule has 84 valence electrons. The molecule has 0 radical (unpaired) electrons. The quantitative estimate of drug-likeness (QED) is 0.841. The van der Waals surface area contributed by atoms with Crippen LogP contribution in [0, 0.1) is 0 Å². The van der Waals surface area contributed by atoms with Gasteiger partial charge in [0.15, 0.2) is 0 Å². The van der Waals surface area contributed by atoms with Crippen molar-refractivity contribution in [2.75, 3.05) is 0 Å². The summed E-state index contributed by atoms with van der Waals surface area (Å²) in [6, 6.07) is 11.3. The van der Waals surface area contributed by atoms with Gasteiger partial charge in [0.05, 0.1) is 0 Å². The van der Waals surface area contributed by atoms with E-state index < -0.39 is 0 Å². The predicted molar refractivity (Wildman–Crippen MR) is 71.7 cm³/mol. The molecule has 1 aromatic carbocycles. The zero-order valence-corrected chi connectivity index (χ0v) is 10.6. The van der Waals surface area contributed by atoms with Gasteiger partial charge in [-0.05, 0) is 33.5 Å². The number of thiophene rings is 1. The van der Waals surface area contributed by atoms with Crippen LogP contribution in [0.3, 0.4) is 0 Å². The van der Waals surface area contributed by atoms with Crippen LogP contribution in [0.15, 0.2) is 41.1 Å². The second kappa shape index (κ2) is 5.28. The summed E-state index contributed by atoms with van der Waals surface area (Å²) in [6.07, 6.45) is 0. The molecule has 1 nitrogen and oxygen atoms in total. The van der Waals surface area contributed by atoms with Crippen LogP contribution in [0.25, 0.3) is 11.1 Å². The van der Waals surface area contributed by atoms with E-state index >= 15 is 0 Å². The minimum atomic E-state index is 0.524. The molecule has 1 heterocycles. The van der Waals surface area contributed by atoms with Gasteiger partial charge in [0, 0.05) is 12.6 Å². The Kier molecular flexibility index (Phi) is 3.75. The Bertz CT molecular complexity index is 432. The molecule has 0 saturated carbocycles. The molecule has 0 spiro atoms. The molecule has 1 N–H and O–H groups in total. The van der Waals surface area contributed by atoms with Gasteiger partial charge in [-0.2, -0.15) is 11.3 Å². The molecule has 0 unspecified atom stereocenters. The van der Waals surface area contributed by atoms with Crippen molar-refractivity contribution in [2.45, 2.75) is 26.4 Å². The van der Waals surface area contributed by atoms with E-state index in [1.807, 2.05) is 0 Å².